The zero-order valence-electron chi connectivity index (χ0n) is 15.1. The summed E-state index contributed by atoms with van der Waals surface area (Å²) in [4.78, 5) is 11.9. The fourth-order valence-corrected chi connectivity index (χ4v) is 3.04. The van der Waals surface area contributed by atoms with Gasteiger partial charge >= 0.3 is 0 Å². The van der Waals surface area contributed by atoms with Gasteiger partial charge in [-0.1, -0.05) is 68.3 Å². The van der Waals surface area contributed by atoms with Crippen molar-refractivity contribution in [2.75, 3.05) is 0 Å². The van der Waals surface area contributed by atoms with Gasteiger partial charge in [0.15, 0.2) is 0 Å². The average Bonchev–Trinajstić information content (AvgIpc) is 3.22. The third-order valence-corrected chi connectivity index (χ3v) is 4.53. The number of aromatic amines is 1. The Balaban J connectivity index is 1.66. The molecule has 0 bridgehead atoms. The van der Waals surface area contributed by atoms with Gasteiger partial charge in [-0.15, -0.1) is 10.2 Å². The van der Waals surface area contributed by atoms with Crippen molar-refractivity contribution in [2.24, 2.45) is 0 Å². The Hall–Kier alpha value is -2.82. The minimum absolute atomic E-state index is 0.366. The van der Waals surface area contributed by atoms with Crippen molar-refractivity contribution in [3.63, 3.8) is 0 Å². The molecule has 0 spiro atoms. The Labute approximate surface area is 153 Å². The fraction of sp³-hybridized carbons (Fsp3) is 0.333. The summed E-state index contributed by atoms with van der Waals surface area (Å²) < 4.78 is 0. The Morgan fingerprint density at radius 1 is 0.962 bits per heavy atom. The summed E-state index contributed by atoms with van der Waals surface area (Å²) in [5, 5.41) is 14.3. The summed E-state index contributed by atoms with van der Waals surface area (Å²) in [6.45, 7) is 2.16. The number of Topliss-reactive ketones (excluding diaryl/α,β-unsaturated/α-hetero) is 1. The van der Waals surface area contributed by atoms with Crippen LogP contribution in [0.25, 0.3) is 22.5 Å². The quantitative estimate of drug-likeness (QED) is 0.573. The number of aromatic nitrogens is 4. The number of rotatable bonds is 9. The summed E-state index contributed by atoms with van der Waals surface area (Å²) >= 11 is 0. The number of unbranched alkanes of at least 4 members (excludes halogenated alkanes) is 2. The molecule has 1 heterocycles. The maximum Gasteiger partial charge on any atom is 0.205 e. The van der Waals surface area contributed by atoms with E-state index in [1.54, 1.807) is 0 Å². The molecule has 0 fully saturated rings. The van der Waals surface area contributed by atoms with Gasteiger partial charge in [-0.25, -0.2) is 0 Å². The van der Waals surface area contributed by atoms with Gasteiger partial charge in [-0.2, -0.15) is 5.21 Å². The zero-order chi connectivity index (χ0) is 18.2. The number of nitrogens with zero attached hydrogens (tertiary/aromatic N) is 3. The Morgan fingerprint density at radius 3 is 2.42 bits per heavy atom. The van der Waals surface area contributed by atoms with Crippen molar-refractivity contribution >= 4 is 5.78 Å². The highest BCUT2D eigenvalue weighted by atomic mass is 16.1. The molecule has 134 valence electrons. The molecule has 0 unspecified atom stereocenters. The fourth-order valence-electron chi connectivity index (χ4n) is 3.04. The molecule has 0 aliphatic heterocycles. The van der Waals surface area contributed by atoms with Crippen LogP contribution >= 0.6 is 0 Å². The Bertz CT molecular complexity index is 825. The molecular weight excluding hydrogens is 324 g/mol. The van der Waals surface area contributed by atoms with E-state index in [0.717, 1.165) is 42.4 Å². The molecule has 0 atom stereocenters. The van der Waals surface area contributed by atoms with Crippen LogP contribution in [0.4, 0.5) is 0 Å². The number of carbonyl (C=O) groups excluding carboxylic acids is 1. The van der Waals surface area contributed by atoms with E-state index in [9.17, 15) is 4.79 Å². The number of tetrazole rings is 1. The lowest BCUT2D eigenvalue weighted by Gasteiger charge is -2.08. The third-order valence-electron chi connectivity index (χ3n) is 4.53. The monoisotopic (exact) mass is 348 g/mol. The van der Waals surface area contributed by atoms with E-state index in [2.05, 4.69) is 57.9 Å². The summed E-state index contributed by atoms with van der Waals surface area (Å²) in [6, 6.07) is 16.4. The van der Waals surface area contributed by atoms with Crippen LogP contribution in [-0.2, 0) is 11.2 Å². The van der Waals surface area contributed by atoms with Crippen LogP contribution in [0.5, 0.6) is 0 Å². The minimum atomic E-state index is 0.366. The first-order chi connectivity index (χ1) is 12.8. The molecule has 0 aliphatic rings. The molecule has 0 saturated heterocycles. The molecule has 5 heteroatoms. The lowest BCUT2D eigenvalue weighted by Crippen LogP contribution is -2.00. The predicted octanol–water partition coefficient (Wildman–Crippen LogP) is 4.62. The lowest BCUT2D eigenvalue weighted by atomic mass is 9.97. The van der Waals surface area contributed by atoms with Crippen molar-refractivity contribution in [1.29, 1.82) is 0 Å². The van der Waals surface area contributed by atoms with Gasteiger partial charge in [-0.05, 0) is 34.7 Å². The topological polar surface area (TPSA) is 71.5 Å². The Morgan fingerprint density at radius 2 is 1.73 bits per heavy atom. The number of carbonyl (C=O) groups is 1. The molecule has 0 radical (unpaired) electrons. The van der Waals surface area contributed by atoms with E-state index in [0.29, 0.717) is 24.4 Å². The van der Waals surface area contributed by atoms with Crippen LogP contribution in [0.15, 0.2) is 48.5 Å². The van der Waals surface area contributed by atoms with Gasteiger partial charge in [0.1, 0.15) is 5.78 Å². The second-order valence-corrected chi connectivity index (χ2v) is 6.47. The van der Waals surface area contributed by atoms with Crippen molar-refractivity contribution in [3.05, 3.63) is 54.1 Å². The largest absolute Gasteiger partial charge is 0.300 e. The molecule has 5 nitrogen and oxygen atoms in total. The molecule has 26 heavy (non-hydrogen) atoms. The number of hydrogen-bond donors (Lipinski definition) is 1. The van der Waals surface area contributed by atoms with E-state index < -0.39 is 0 Å². The first-order valence-electron chi connectivity index (χ1n) is 9.22. The van der Waals surface area contributed by atoms with Gasteiger partial charge in [0.05, 0.1) is 0 Å². The molecule has 0 amide bonds. The number of H-pyrrole nitrogens is 1. The van der Waals surface area contributed by atoms with Crippen LogP contribution in [-0.4, -0.2) is 26.4 Å². The van der Waals surface area contributed by atoms with Crippen LogP contribution in [0, 0.1) is 0 Å². The molecule has 3 rings (SSSR count). The van der Waals surface area contributed by atoms with Crippen molar-refractivity contribution in [2.45, 2.75) is 45.4 Å². The maximum absolute atomic E-state index is 11.9. The summed E-state index contributed by atoms with van der Waals surface area (Å²) in [7, 11) is 0. The van der Waals surface area contributed by atoms with E-state index in [1.165, 1.54) is 5.56 Å². The molecule has 0 aliphatic carbocycles. The van der Waals surface area contributed by atoms with E-state index in [4.69, 9.17) is 0 Å². The first kappa shape index (κ1) is 18.0. The molecular formula is C21H24N4O. The van der Waals surface area contributed by atoms with Crippen LogP contribution in [0.3, 0.4) is 0 Å². The van der Waals surface area contributed by atoms with E-state index in [1.807, 2.05) is 18.2 Å². The standard InChI is InChI=1S/C21H24N4O/c1-2-3-4-7-18(26)15-12-16-10-13-17(14-11-16)19-8-5-6-9-20(19)21-22-24-25-23-21/h5-6,8-11,13-14H,2-4,7,12,15H2,1H3,(H,22,23,24,25). The minimum Gasteiger partial charge on any atom is -0.300 e. The highest BCUT2D eigenvalue weighted by Gasteiger charge is 2.10. The number of aryl methyl sites for hydroxylation is 1. The molecule has 0 saturated carbocycles. The van der Waals surface area contributed by atoms with Crippen LogP contribution in [0.1, 0.15) is 44.6 Å². The van der Waals surface area contributed by atoms with Crippen LogP contribution < -0.4 is 0 Å². The smallest absolute Gasteiger partial charge is 0.205 e. The normalized spacial score (nSPS) is 10.8. The van der Waals surface area contributed by atoms with Crippen LogP contribution in [0.2, 0.25) is 0 Å². The predicted molar refractivity (Wildman–Crippen MR) is 103 cm³/mol. The van der Waals surface area contributed by atoms with Crippen molar-refractivity contribution < 1.29 is 4.79 Å². The summed E-state index contributed by atoms with van der Waals surface area (Å²) in [5.41, 5.74) is 4.30. The maximum atomic E-state index is 11.9. The second kappa shape index (κ2) is 9.04. The van der Waals surface area contributed by atoms with E-state index >= 15 is 0 Å². The van der Waals surface area contributed by atoms with Gasteiger partial charge in [0, 0.05) is 18.4 Å². The lowest BCUT2D eigenvalue weighted by molar-refractivity contribution is -0.119. The summed E-state index contributed by atoms with van der Waals surface area (Å²) in [6.07, 6.45) is 5.45. The first-order valence-corrected chi connectivity index (χ1v) is 9.22. The third kappa shape index (κ3) is 4.63. The number of ketones is 1. The Kier molecular flexibility index (Phi) is 6.25. The number of hydrogen-bond acceptors (Lipinski definition) is 4. The van der Waals surface area contributed by atoms with Gasteiger partial charge < -0.3 is 0 Å². The van der Waals surface area contributed by atoms with Gasteiger partial charge in [-0.3, -0.25) is 4.79 Å². The highest BCUT2D eigenvalue weighted by molar-refractivity contribution is 5.80. The molecule has 1 aromatic heterocycles. The van der Waals surface area contributed by atoms with Crippen molar-refractivity contribution in [1.82, 2.24) is 20.6 Å². The van der Waals surface area contributed by atoms with E-state index in [-0.39, 0.29) is 0 Å². The molecule has 2 aromatic carbocycles. The number of benzene rings is 2. The average molecular weight is 348 g/mol. The zero-order valence-corrected chi connectivity index (χ0v) is 15.1. The summed E-state index contributed by atoms with van der Waals surface area (Å²) in [5.74, 6) is 0.951. The van der Waals surface area contributed by atoms with Crippen molar-refractivity contribution in [3.8, 4) is 22.5 Å². The SMILES string of the molecule is CCCCCC(=O)CCc1ccc(-c2ccccc2-c2nn[nH]n2)cc1. The highest BCUT2D eigenvalue weighted by Crippen LogP contribution is 2.29. The molecule has 1 N–H and O–H groups in total. The van der Waals surface area contributed by atoms with Gasteiger partial charge in [0.25, 0.3) is 0 Å². The second-order valence-electron chi connectivity index (χ2n) is 6.47. The van der Waals surface area contributed by atoms with Gasteiger partial charge in [0.2, 0.25) is 5.82 Å². The number of nitrogens with one attached hydrogen (secondary N) is 1. The molecule has 3 aromatic rings.